The number of benzene rings is 3. The van der Waals surface area contributed by atoms with Gasteiger partial charge in [0, 0.05) is 49.8 Å². The average Bonchev–Trinajstić information content (AvgIpc) is 2.97. The number of carbonyl (C=O) groups excluding carboxylic acids is 1. The molecule has 0 unspecified atom stereocenters. The van der Waals surface area contributed by atoms with Crippen LogP contribution in [0.1, 0.15) is 54.8 Å². The van der Waals surface area contributed by atoms with E-state index in [2.05, 4.69) is 35.9 Å². The van der Waals surface area contributed by atoms with Crippen LogP contribution in [0.5, 0.6) is 0 Å². The van der Waals surface area contributed by atoms with Crippen molar-refractivity contribution in [3.8, 4) is 5.69 Å². The monoisotopic (exact) mass is 556 g/mol. The zero-order valence-corrected chi connectivity index (χ0v) is 24.2. The Kier molecular flexibility index (Phi) is 8.69. The number of nitrogens with zero attached hydrogens (tertiary/aromatic N) is 3. The molecule has 0 bridgehead atoms. The third-order valence-corrected chi connectivity index (χ3v) is 8.24. The standard InChI is InChI=1S/C33H37ClN4O2/c1-4-28(24-12-7-5-8-13-24)35-32(39)31-26-16-11-17-27(34)30(26)33(40)38(25-14-9-6-10-15-25)29(31)22-36-18-20-37(21-19-36)23(2)3/h5-17,23,28H,4,18-22H2,1-3H3,(H,35,39)/t28-/m0/s1. The molecule has 0 radical (unpaired) electrons. The van der Waals surface area contributed by atoms with E-state index in [1.165, 1.54) is 0 Å². The lowest BCUT2D eigenvalue weighted by Crippen LogP contribution is -2.49. The number of hydrogen-bond acceptors (Lipinski definition) is 4. The predicted octanol–water partition coefficient (Wildman–Crippen LogP) is 6.05. The number of hydrogen-bond donors (Lipinski definition) is 1. The maximum Gasteiger partial charge on any atom is 0.264 e. The summed E-state index contributed by atoms with van der Waals surface area (Å²) in [5.74, 6) is -0.205. The molecule has 1 N–H and O–H groups in total. The molecule has 1 aliphatic heterocycles. The normalized spacial score (nSPS) is 15.4. The summed E-state index contributed by atoms with van der Waals surface area (Å²) < 4.78 is 1.70. The minimum Gasteiger partial charge on any atom is -0.345 e. The van der Waals surface area contributed by atoms with Crippen molar-refractivity contribution in [2.75, 3.05) is 26.2 Å². The van der Waals surface area contributed by atoms with Crippen LogP contribution >= 0.6 is 11.6 Å². The summed E-state index contributed by atoms with van der Waals surface area (Å²) in [4.78, 5) is 33.3. The summed E-state index contributed by atoms with van der Waals surface area (Å²) in [6.45, 7) is 10.6. The Morgan fingerprint density at radius 1 is 0.900 bits per heavy atom. The number of halogens is 1. The van der Waals surface area contributed by atoms with E-state index in [0.717, 1.165) is 38.2 Å². The second-order valence-corrected chi connectivity index (χ2v) is 11.1. The second kappa shape index (κ2) is 12.4. The molecule has 4 aromatic rings. The Morgan fingerprint density at radius 2 is 1.55 bits per heavy atom. The molecular formula is C33H37ClN4O2. The highest BCUT2D eigenvalue weighted by molar-refractivity contribution is 6.36. The first kappa shape index (κ1) is 28.1. The number of amides is 1. The van der Waals surface area contributed by atoms with Gasteiger partial charge in [-0.3, -0.25) is 24.0 Å². The van der Waals surface area contributed by atoms with Crippen LogP contribution in [0.3, 0.4) is 0 Å². The van der Waals surface area contributed by atoms with Crippen molar-refractivity contribution in [3.05, 3.63) is 111 Å². The molecular weight excluding hydrogens is 520 g/mol. The van der Waals surface area contributed by atoms with Gasteiger partial charge in [-0.1, -0.05) is 79.2 Å². The zero-order chi connectivity index (χ0) is 28.2. The van der Waals surface area contributed by atoms with Crippen molar-refractivity contribution in [3.63, 3.8) is 0 Å². The van der Waals surface area contributed by atoms with Crippen LogP contribution in [-0.2, 0) is 6.54 Å². The summed E-state index contributed by atoms with van der Waals surface area (Å²) in [5.41, 5.74) is 2.73. The number of pyridine rings is 1. The average molecular weight is 557 g/mol. The molecule has 0 saturated carbocycles. The Labute approximate surface area is 241 Å². The second-order valence-electron chi connectivity index (χ2n) is 10.7. The molecule has 1 amide bonds. The number of nitrogens with one attached hydrogen (secondary N) is 1. The van der Waals surface area contributed by atoms with Gasteiger partial charge in [0.15, 0.2) is 0 Å². The fourth-order valence-corrected chi connectivity index (χ4v) is 5.95. The van der Waals surface area contributed by atoms with Gasteiger partial charge < -0.3 is 5.32 Å². The fourth-order valence-electron chi connectivity index (χ4n) is 5.69. The van der Waals surface area contributed by atoms with Crippen LogP contribution in [0.15, 0.2) is 83.7 Å². The van der Waals surface area contributed by atoms with Crippen molar-refractivity contribution in [1.82, 2.24) is 19.7 Å². The van der Waals surface area contributed by atoms with Gasteiger partial charge in [0.05, 0.1) is 27.7 Å². The van der Waals surface area contributed by atoms with Gasteiger partial charge in [0.1, 0.15) is 0 Å². The van der Waals surface area contributed by atoms with E-state index in [0.29, 0.717) is 45.3 Å². The number of carbonyl (C=O) groups is 1. The quantitative estimate of drug-likeness (QED) is 0.287. The molecule has 5 rings (SSSR count). The Hall–Kier alpha value is -3.45. The number of piperazine rings is 1. The van der Waals surface area contributed by atoms with E-state index in [9.17, 15) is 9.59 Å². The maximum absolute atomic E-state index is 14.3. The van der Waals surface area contributed by atoms with Crippen LogP contribution < -0.4 is 10.9 Å². The fraction of sp³-hybridized carbons (Fsp3) is 0.333. The van der Waals surface area contributed by atoms with Gasteiger partial charge >= 0.3 is 0 Å². The summed E-state index contributed by atoms with van der Waals surface area (Å²) >= 11 is 6.66. The molecule has 2 heterocycles. The van der Waals surface area contributed by atoms with Crippen molar-refractivity contribution in [1.29, 1.82) is 0 Å². The lowest BCUT2D eigenvalue weighted by molar-refractivity contribution is 0.0923. The van der Waals surface area contributed by atoms with E-state index in [1.54, 1.807) is 10.6 Å². The van der Waals surface area contributed by atoms with Crippen LogP contribution in [0.2, 0.25) is 5.02 Å². The first-order valence-corrected chi connectivity index (χ1v) is 14.5. The molecule has 7 heteroatoms. The molecule has 1 saturated heterocycles. The van der Waals surface area contributed by atoms with Crippen molar-refractivity contribution < 1.29 is 4.79 Å². The molecule has 0 spiro atoms. The van der Waals surface area contributed by atoms with Crippen LogP contribution in [0.25, 0.3) is 16.5 Å². The third kappa shape index (κ3) is 5.71. The highest BCUT2D eigenvalue weighted by atomic mass is 35.5. The van der Waals surface area contributed by atoms with E-state index in [-0.39, 0.29) is 17.5 Å². The highest BCUT2D eigenvalue weighted by Crippen LogP contribution is 2.29. The Balaban J connectivity index is 1.68. The van der Waals surface area contributed by atoms with Gasteiger partial charge in [-0.25, -0.2) is 0 Å². The number of aromatic nitrogens is 1. The van der Waals surface area contributed by atoms with Gasteiger partial charge in [-0.15, -0.1) is 0 Å². The number of para-hydroxylation sites is 1. The third-order valence-electron chi connectivity index (χ3n) is 7.93. The molecule has 208 valence electrons. The van der Waals surface area contributed by atoms with Crippen molar-refractivity contribution in [2.24, 2.45) is 0 Å². The van der Waals surface area contributed by atoms with E-state index in [4.69, 9.17) is 11.6 Å². The first-order valence-electron chi connectivity index (χ1n) is 14.1. The maximum atomic E-state index is 14.3. The minimum atomic E-state index is -0.214. The Morgan fingerprint density at radius 3 is 2.17 bits per heavy atom. The van der Waals surface area contributed by atoms with Crippen molar-refractivity contribution in [2.45, 2.75) is 45.8 Å². The Bertz CT molecular complexity index is 1530. The van der Waals surface area contributed by atoms with Gasteiger partial charge in [-0.05, 0) is 44.0 Å². The summed E-state index contributed by atoms with van der Waals surface area (Å²) in [7, 11) is 0. The molecule has 40 heavy (non-hydrogen) atoms. The molecule has 1 aliphatic rings. The first-order chi connectivity index (χ1) is 19.4. The zero-order valence-electron chi connectivity index (χ0n) is 23.4. The van der Waals surface area contributed by atoms with Crippen LogP contribution in [-0.4, -0.2) is 52.5 Å². The summed E-state index contributed by atoms with van der Waals surface area (Å²) in [6, 6.07) is 25.2. The van der Waals surface area contributed by atoms with E-state index in [1.807, 2.05) is 72.8 Å². The molecule has 1 atom stereocenters. The van der Waals surface area contributed by atoms with E-state index >= 15 is 0 Å². The lowest BCUT2D eigenvalue weighted by atomic mass is 9.99. The van der Waals surface area contributed by atoms with Gasteiger partial charge in [-0.2, -0.15) is 0 Å². The summed E-state index contributed by atoms with van der Waals surface area (Å²) in [5, 5.41) is 4.57. The molecule has 6 nitrogen and oxygen atoms in total. The highest BCUT2D eigenvalue weighted by Gasteiger charge is 2.28. The molecule has 1 fully saturated rings. The topological polar surface area (TPSA) is 57.6 Å². The predicted molar refractivity (Wildman–Crippen MR) is 163 cm³/mol. The number of fused-ring (bicyclic) bond motifs is 1. The lowest BCUT2D eigenvalue weighted by Gasteiger charge is -2.37. The van der Waals surface area contributed by atoms with E-state index < -0.39 is 0 Å². The molecule has 0 aliphatic carbocycles. The SMILES string of the molecule is CC[C@H](NC(=O)c1c(CN2CCN(C(C)C)CC2)n(-c2ccccc2)c(=O)c2c(Cl)cccc12)c1ccccc1. The van der Waals surface area contributed by atoms with Crippen LogP contribution in [0.4, 0.5) is 0 Å². The summed E-state index contributed by atoms with van der Waals surface area (Å²) in [6.07, 6.45) is 0.735. The number of rotatable bonds is 8. The minimum absolute atomic E-state index is 0.164. The van der Waals surface area contributed by atoms with Gasteiger partial charge in [0.25, 0.3) is 11.5 Å². The smallest absolute Gasteiger partial charge is 0.264 e. The largest absolute Gasteiger partial charge is 0.345 e. The molecule has 3 aromatic carbocycles. The van der Waals surface area contributed by atoms with Crippen LogP contribution in [0, 0.1) is 0 Å². The van der Waals surface area contributed by atoms with Crippen molar-refractivity contribution >= 4 is 28.3 Å². The molecule has 1 aromatic heterocycles. The van der Waals surface area contributed by atoms with Gasteiger partial charge in [0.2, 0.25) is 0 Å².